The number of hydrogen-bond donors (Lipinski definition) is 3. The highest BCUT2D eigenvalue weighted by atomic mass is 127. The van der Waals surface area contributed by atoms with E-state index in [9.17, 15) is 5.11 Å². The van der Waals surface area contributed by atoms with Gasteiger partial charge in [0, 0.05) is 37.9 Å². The minimum absolute atomic E-state index is 0. The first-order valence-corrected chi connectivity index (χ1v) is 8.73. The topological polar surface area (TPSA) is 77.7 Å². The third kappa shape index (κ3) is 6.74. The maximum Gasteiger partial charge on any atom is 0.191 e. The maximum atomic E-state index is 10.7. The smallest absolute Gasteiger partial charge is 0.191 e. The average molecular weight is 464 g/mol. The molecule has 1 heterocycles. The Morgan fingerprint density at radius 3 is 2.64 bits per heavy atom. The fourth-order valence-electron chi connectivity index (χ4n) is 2.82. The molecule has 0 radical (unpaired) electrons. The van der Waals surface area contributed by atoms with Crippen LogP contribution in [0.2, 0.25) is 0 Å². The van der Waals surface area contributed by atoms with Gasteiger partial charge in [0.2, 0.25) is 0 Å². The number of aliphatic hydroxyl groups is 1. The van der Waals surface area contributed by atoms with Gasteiger partial charge in [0.15, 0.2) is 5.96 Å². The Morgan fingerprint density at radius 1 is 1.48 bits per heavy atom. The predicted octanol–water partition coefficient (Wildman–Crippen LogP) is 1.14. The summed E-state index contributed by atoms with van der Waals surface area (Å²) in [6.45, 7) is 5.74. The van der Waals surface area contributed by atoms with Crippen LogP contribution >= 0.6 is 24.0 Å². The van der Waals surface area contributed by atoms with Crippen molar-refractivity contribution < 1.29 is 5.11 Å². The number of aryl methyl sites for hydroxylation is 1. The first-order valence-electron chi connectivity index (χ1n) is 8.73. The quantitative estimate of drug-likeness (QED) is 0.306. The van der Waals surface area contributed by atoms with E-state index in [0.717, 1.165) is 30.5 Å². The Balaban J connectivity index is 0.00000312. The minimum Gasteiger partial charge on any atom is -0.383 e. The van der Waals surface area contributed by atoms with Gasteiger partial charge >= 0.3 is 0 Å². The van der Waals surface area contributed by atoms with E-state index in [-0.39, 0.29) is 30.5 Å². The van der Waals surface area contributed by atoms with Crippen LogP contribution in [0.1, 0.15) is 32.3 Å². The van der Waals surface area contributed by atoms with E-state index < -0.39 is 5.60 Å². The number of aliphatic imine (C=N–C) groups is 1. The van der Waals surface area contributed by atoms with E-state index in [0.29, 0.717) is 6.04 Å². The summed E-state index contributed by atoms with van der Waals surface area (Å²) in [5.41, 5.74) is -0.262. The second kappa shape index (κ2) is 9.72. The van der Waals surface area contributed by atoms with Gasteiger partial charge in [-0.3, -0.25) is 4.68 Å². The van der Waals surface area contributed by atoms with Gasteiger partial charge in [-0.05, 0) is 46.7 Å². The highest BCUT2D eigenvalue weighted by molar-refractivity contribution is 14.0. The average Bonchev–Trinajstić information content (AvgIpc) is 3.24. The Hall–Kier alpha value is -0.870. The molecule has 0 spiro atoms. The Labute approximate surface area is 168 Å². The zero-order valence-electron chi connectivity index (χ0n) is 16.0. The Kier molecular flexibility index (Phi) is 8.62. The van der Waals surface area contributed by atoms with Crippen molar-refractivity contribution in [3.63, 3.8) is 0 Å². The van der Waals surface area contributed by atoms with Crippen LogP contribution in [0.15, 0.2) is 17.4 Å². The Morgan fingerprint density at radius 2 is 2.16 bits per heavy atom. The third-order valence-electron chi connectivity index (χ3n) is 4.52. The van der Waals surface area contributed by atoms with Crippen LogP contribution in [-0.2, 0) is 12.6 Å². The summed E-state index contributed by atoms with van der Waals surface area (Å²) in [5, 5.41) is 21.5. The van der Waals surface area contributed by atoms with Crippen molar-refractivity contribution >= 4 is 29.9 Å². The van der Waals surface area contributed by atoms with Crippen LogP contribution in [0.5, 0.6) is 0 Å². The van der Waals surface area contributed by atoms with E-state index in [2.05, 4.69) is 39.7 Å². The molecule has 0 amide bonds. The van der Waals surface area contributed by atoms with Crippen molar-refractivity contribution in [2.45, 2.75) is 38.3 Å². The first-order chi connectivity index (χ1) is 11.3. The molecule has 8 heteroatoms. The largest absolute Gasteiger partial charge is 0.383 e. The molecule has 2 unspecified atom stereocenters. The highest BCUT2D eigenvalue weighted by Gasteiger charge is 2.32. The molecular formula is C17H33IN6O. The number of aromatic nitrogens is 2. The SMILES string of the molecule is CCNC(=NCC(C)(O)c1cnn(C)c1)NCC(C1CC1)N(C)C.I. The van der Waals surface area contributed by atoms with Gasteiger partial charge < -0.3 is 20.6 Å². The molecule has 2 rings (SSSR count). The molecule has 0 aromatic carbocycles. The lowest BCUT2D eigenvalue weighted by molar-refractivity contribution is 0.0671. The number of rotatable bonds is 8. The van der Waals surface area contributed by atoms with Gasteiger partial charge in [-0.25, -0.2) is 4.99 Å². The zero-order valence-corrected chi connectivity index (χ0v) is 18.3. The monoisotopic (exact) mass is 464 g/mol. The van der Waals surface area contributed by atoms with Gasteiger partial charge in [-0.2, -0.15) is 5.10 Å². The lowest BCUT2D eigenvalue weighted by Gasteiger charge is -2.26. The molecule has 1 aliphatic carbocycles. The van der Waals surface area contributed by atoms with Crippen molar-refractivity contribution in [2.24, 2.45) is 18.0 Å². The summed E-state index contributed by atoms with van der Waals surface area (Å²) in [6, 6.07) is 0.521. The summed E-state index contributed by atoms with van der Waals surface area (Å²) in [7, 11) is 6.09. The summed E-state index contributed by atoms with van der Waals surface area (Å²) in [6.07, 6.45) is 6.14. The molecule has 7 nitrogen and oxygen atoms in total. The molecule has 1 aliphatic rings. The van der Waals surface area contributed by atoms with E-state index >= 15 is 0 Å². The molecule has 0 aliphatic heterocycles. The summed E-state index contributed by atoms with van der Waals surface area (Å²) in [4.78, 5) is 6.85. The molecule has 144 valence electrons. The van der Waals surface area contributed by atoms with Crippen molar-refractivity contribution in [1.82, 2.24) is 25.3 Å². The summed E-state index contributed by atoms with van der Waals surface area (Å²) >= 11 is 0. The number of nitrogens with zero attached hydrogens (tertiary/aromatic N) is 4. The van der Waals surface area contributed by atoms with Crippen LogP contribution in [0.4, 0.5) is 0 Å². The molecule has 1 aromatic heterocycles. The molecular weight excluding hydrogens is 431 g/mol. The van der Waals surface area contributed by atoms with Crippen molar-refractivity contribution in [3.8, 4) is 0 Å². The van der Waals surface area contributed by atoms with Crippen LogP contribution in [0.25, 0.3) is 0 Å². The Bertz CT molecular complexity index is 551. The molecule has 3 N–H and O–H groups in total. The fraction of sp³-hybridized carbons (Fsp3) is 0.765. The standard InChI is InChI=1S/C17H32N6O.HI/c1-6-18-16(19-10-15(22(3)4)13-7-8-13)20-12-17(2,24)14-9-21-23(5)11-14;/h9,11,13,15,24H,6-8,10,12H2,1-5H3,(H2,18,19,20);1H. The van der Waals surface area contributed by atoms with E-state index in [1.807, 2.05) is 20.2 Å². The lowest BCUT2D eigenvalue weighted by atomic mass is 10.0. The third-order valence-corrected chi connectivity index (χ3v) is 4.52. The molecule has 0 saturated heterocycles. The van der Waals surface area contributed by atoms with Gasteiger partial charge in [0.1, 0.15) is 5.60 Å². The fourth-order valence-corrected chi connectivity index (χ4v) is 2.82. The second-order valence-corrected chi connectivity index (χ2v) is 7.12. The minimum atomic E-state index is -1.03. The maximum absolute atomic E-state index is 10.7. The normalized spacial score (nSPS) is 18.4. The lowest BCUT2D eigenvalue weighted by Crippen LogP contribution is -2.46. The predicted molar refractivity (Wildman–Crippen MR) is 112 cm³/mol. The number of halogens is 1. The van der Waals surface area contributed by atoms with Gasteiger partial charge in [0.05, 0.1) is 12.7 Å². The summed E-state index contributed by atoms with van der Waals surface area (Å²) in [5.74, 6) is 1.53. The van der Waals surface area contributed by atoms with E-state index in [4.69, 9.17) is 0 Å². The van der Waals surface area contributed by atoms with Crippen LogP contribution in [-0.4, -0.2) is 65.5 Å². The molecule has 1 saturated carbocycles. The highest BCUT2D eigenvalue weighted by Crippen LogP contribution is 2.34. The molecule has 1 fully saturated rings. The van der Waals surface area contributed by atoms with Crippen LogP contribution in [0, 0.1) is 5.92 Å². The van der Waals surface area contributed by atoms with Crippen LogP contribution < -0.4 is 10.6 Å². The molecule has 2 atom stereocenters. The number of likely N-dealkylation sites (N-methyl/N-ethyl adjacent to an activating group) is 1. The molecule has 0 bridgehead atoms. The number of hydrogen-bond acceptors (Lipinski definition) is 4. The number of nitrogens with one attached hydrogen (secondary N) is 2. The first kappa shape index (κ1) is 22.2. The second-order valence-electron chi connectivity index (χ2n) is 7.12. The van der Waals surface area contributed by atoms with Crippen molar-refractivity contribution in [3.05, 3.63) is 18.0 Å². The van der Waals surface area contributed by atoms with Crippen molar-refractivity contribution in [2.75, 3.05) is 33.7 Å². The molecule has 25 heavy (non-hydrogen) atoms. The van der Waals surface area contributed by atoms with Crippen molar-refractivity contribution in [1.29, 1.82) is 0 Å². The zero-order chi connectivity index (χ0) is 17.7. The number of guanidine groups is 1. The van der Waals surface area contributed by atoms with Crippen LogP contribution in [0.3, 0.4) is 0 Å². The van der Waals surface area contributed by atoms with E-state index in [1.165, 1.54) is 12.8 Å². The molecule has 1 aromatic rings. The summed E-state index contributed by atoms with van der Waals surface area (Å²) < 4.78 is 1.69. The van der Waals surface area contributed by atoms with Gasteiger partial charge in [0.25, 0.3) is 0 Å². The van der Waals surface area contributed by atoms with Gasteiger partial charge in [-0.1, -0.05) is 0 Å². The van der Waals surface area contributed by atoms with E-state index in [1.54, 1.807) is 17.8 Å². The van der Waals surface area contributed by atoms with Gasteiger partial charge in [-0.15, -0.1) is 24.0 Å².